The molecule has 21 heavy (non-hydrogen) atoms. The maximum atomic E-state index is 12.4. The molecule has 1 aromatic rings. The first-order valence-corrected chi connectivity index (χ1v) is 8.88. The maximum Gasteiger partial charge on any atom is 0.261 e. The lowest BCUT2D eigenvalue weighted by Gasteiger charge is -2.19. The minimum Gasteiger partial charge on any atom is -0.380 e. The van der Waals surface area contributed by atoms with E-state index in [4.69, 9.17) is 15.4 Å². The zero-order valence-corrected chi connectivity index (χ0v) is 14.2. The summed E-state index contributed by atoms with van der Waals surface area (Å²) in [6.45, 7) is 6.74. The minimum absolute atomic E-state index is 0.0312. The molecule has 0 aliphatic carbocycles. The molecular formula is C14H20ClNO4S. The normalized spacial score (nSPS) is 11.5. The van der Waals surface area contributed by atoms with Crippen LogP contribution in [-0.4, -0.2) is 46.0 Å². The molecular weight excluding hydrogens is 314 g/mol. The fourth-order valence-electron chi connectivity index (χ4n) is 1.98. The van der Waals surface area contributed by atoms with Crippen molar-refractivity contribution in [3.8, 4) is 0 Å². The van der Waals surface area contributed by atoms with Crippen LogP contribution >= 0.6 is 10.7 Å². The van der Waals surface area contributed by atoms with Crippen molar-refractivity contribution in [3.63, 3.8) is 0 Å². The Labute approximate surface area is 130 Å². The van der Waals surface area contributed by atoms with Crippen LogP contribution in [0, 0.1) is 13.8 Å². The fraction of sp³-hybridized carbons (Fsp3) is 0.500. The summed E-state index contributed by atoms with van der Waals surface area (Å²) in [5.41, 5.74) is 1.57. The molecule has 0 aromatic heterocycles. The predicted molar refractivity (Wildman–Crippen MR) is 82.4 cm³/mol. The summed E-state index contributed by atoms with van der Waals surface area (Å²) in [6.07, 6.45) is 0. The van der Waals surface area contributed by atoms with E-state index in [1.54, 1.807) is 27.0 Å². The Bertz CT molecular complexity index is 628. The third-order valence-corrected chi connectivity index (χ3v) is 4.60. The molecule has 1 aromatic carbocycles. The third kappa shape index (κ3) is 4.69. The van der Waals surface area contributed by atoms with Crippen molar-refractivity contribution < 1.29 is 17.9 Å². The number of halogens is 1. The molecule has 5 nitrogen and oxygen atoms in total. The van der Waals surface area contributed by atoms with Crippen molar-refractivity contribution in [1.82, 2.24) is 4.90 Å². The van der Waals surface area contributed by atoms with Gasteiger partial charge < -0.3 is 9.64 Å². The number of hydrogen-bond acceptors (Lipinski definition) is 4. The van der Waals surface area contributed by atoms with Crippen molar-refractivity contribution in [3.05, 3.63) is 28.8 Å². The fourth-order valence-corrected chi connectivity index (χ4v) is 3.18. The van der Waals surface area contributed by atoms with Gasteiger partial charge in [0, 0.05) is 36.4 Å². The monoisotopic (exact) mass is 333 g/mol. The molecule has 0 N–H and O–H groups in total. The van der Waals surface area contributed by atoms with Gasteiger partial charge in [-0.3, -0.25) is 4.79 Å². The summed E-state index contributed by atoms with van der Waals surface area (Å²) < 4.78 is 28.3. The molecule has 1 amide bonds. The van der Waals surface area contributed by atoms with E-state index in [1.807, 2.05) is 6.92 Å². The predicted octanol–water partition coefficient (Wildman–Crippen LogP) is 2.34. The van der Waals surface area contributed by atoms with Gasteiger partial charge in [-0.05, 0) is 38.0 Å². The van der Waals surface area contributed by atoms with E-state index in [0.717, 1.165) is 0 Å². The van der Waals surface area contributed by atoms with Gasteiger partial charge in [-0.15, -0.1) is 0 Å². The Morgan fingerprint density at radius 2 is 1.90 bits per heavy atom. The van der Waals surface area contributed by atoms with Crippen LogP contribution in [0.1, 0.15) is 28.4 Å². The van der Waals surface area contributed by atoms with Crippen molar-refractivity contribution in [2.24, 2.45) is 0 Å². The van der Waals surface area contributed by atoms with Gasteiger partial charge in [0.2, 0.25) is 0 Å². The number of amides is 1. The first-order valence-electron chi connectivity index (χ1n) is 6.57. The van der Waals surface area contributed by atoms with Crippen LogP contribution < -0.4 is 0 Å². The topological polar surface area (TPSA) is 63.7 Å². The molecule has 0 aliphatic rings. The number of carbonyl (C=O) groups is 1. The van der Waals surface area contributed by atoms with E-state index in [0.29, 0.717) is 36.4 Å². The molecule has 0 spiro atoms. The highest BCUT2D eigenvalue weighted by atomic mass is 35.7. The second kappa shape index (κ2) is 7.24. The lowest BCUT2D eigenvalue weighted by atomic mass is 10.0. The van der Waals surface area contributed by atoms with Gasteiger partial charge in [-0.1, -0.05) is 6.07 Å². The number of aryl methyl sites for hydroxylation is 2. The summed E-state index contributed by atoms with van der Waals surface area (Å²) in [5, 5.41) is 0. The van der Waals surface area contributed by atoms with Crippen LogP contribution in [-0.2, 0) is 13.8 Å². The first kappa shape index (κ1) is 17.9. The number of nitrogens with zero attached hydrogens (tertiary/aromatic N) is 1. The molecule has 0 saturated carbocycles. The lowest BCUT2D eigenvalue weighted by Crippen LogP contribution is -2.30. The Kier molecular flexibility index (Phi) is 6.19. The van der Waals surface area contributed by atoms with Crippen LogP contribution in [0.2, 0.25) is 0 Å². The van der Waals surface area contributed by atoms with Gasteiger partial charge in [-0.2, -0.15) is 0 Å². The van der Waals surface area contributed by atoms with Crippen LogP contribution in [0.5, 0.6) is 0 Å². The smallest absolute Gasteiger partial charge is 0.261 e. The molecule has 0 atom stereocenters. The van der Waals surface area contributed by atoms with Crippen LogP contribution in [0.3, 0.4) is 0 Å². The number of likely N-dealkylation sites (N-methyl/N-ethyl adjacent to an activating group) is 1. The van der Waals surface area contributed by atoms with Gasteiger partial charge in [0.15, 0.2) is 0 Å². The van der Waals surface area contributed by atoms with Gasteiger partial charge in [0.05, 0.1) is 11.5 Å². The van der Waals surface area contributed by atoms with Gasteiger partial charge in [0.25, 0.3) is 15.0 Å². The van der Waals surface area contributed by atoms with Gasteiger partial charge >= 0.3 is 0 Å². The Balaban J connectivity index is 3.10. The quantitative estimate of drug-likeness (QED) is 0.592. The van der Waals surface area contributed by atoms with Gasteiger partial charge in [-0.25, -0.2) is 8.42 Å². The highest BCUT2D eigenvalue weighted by molar-refractivity contribution is 8.13. The van der Waals surface area contributed by atoms with Crippen molar-refractivity contribution in [2.45, 2.75) is 25.7 Å². The highest BCUT2D eigenvalue weighted by Crippen LogP contribution is 2.24. The zero-order chi connectivity index (χ0) is 16.2. The molecule has 0 radical (unpaired) electrons. The second-order valence-electron chi connectivity index (χ2n) is 4.79. The number of hydrogen-bond donors (Lipinski definition) is 0. The summed E-state index contributed by atoms with van der Waals surface area (Å²) in [4.78, 5) is 13.8. The zero-order valence-electron chi connectivity index (χ0n) is 12.6. The van der Waals surface area contributed by atoms with E-state index >= 15 is 0 Å². The highest BCUT2D eigenvalue weighted by Gasteiger charge is 2.20. The molecule has 0 saturated heterocycles. The number of benzene rings is 1. The van der Waals surface area contributed by atoms with E-state index in [-0.39, 0.29) is 10.8 Å². The van der Waals surface area contributed by atoms with E-state index in [2.05, 4.69) is 0 Å². The standard InChI is InChI=1S/C14H20ClNO4S/c1-5-20-7-6-16(4)14(17)12-9-13(21(15,18)19)11(3)8-10(12)2/h8-9H,5-7H2,1-4H3. The van der Waals surface area contributed by atoms with Crippen molar-refractivity contribution in [2.75, 3.05) is 26.8 Å². The third-order valence-electron chi connectivity index (χ3n) is 3.14. The molecule has 1 rings (SSSR count). The number of rotatable bonds is 6. The molecule has 0 bridgehead atoms. The summed E-state index contributed by atoms with van der Waals surface area (Å²) in [6, 6.07) is 2.99. The van der Waals surface area contributed by atoms with Crippen LogP contribution in [0.15, 0.2) is 17.0 Å². The second-order valence-corrected chi connectivity index (χ2v) is 7.33. The lowest BCUT2D eigenvalue weighted by molar-refractivity contribution is 0.0709. The molecule has 0 fully saturated rings. The molecule has 0 aliphatic heterocycles. The number of carbonyl (C=O) groups excluding carboxylic acids is 1. The van der Waals surface area contributed by atoms with Gasteiger partial charge in [0.1, 0.15) is 0 Å². The van der Waals surface area contributed by atoms with E-state index in [9.17, 15) is 13.2 Å². The largest absolute Gasteiger partial charge is 0.380 e. The summed E-state index contributed by atoms with van der Waals surface area (Å²) in [7, 11) is 3.17. The average molecular weight is 334 g/mol. The number of ether oxygens (including phenoxy) is 1. The average Bonchev–Trinajstić information content (AvgIpc) is 2.36. The van der Waals surface area contributed by atoms with E-state index < -0.39 is 9.05 Å². The summed E-state index contributed by atoms with van der Waals surface area (Å²) in [5.74, 6) is -0.256. The molecule has 118 valence electrons. The molecule has 0 heterocycles. The maximum absolute atomic E-state index is 12.4. The Morgan fingerprint density at radius 1 is 1.29 bits per heavy atom. The SMILES string of the molecule is CCOCCN(C)C(=O)c1cc(S(=O)(=O)Cl)c(C)cc1C. The molecule has 7 heteroatoms. The van der Waals surface area contributed by atoms with Crippen molar-refractivity contribution >= 4 is 25.6 Å². The molecule has 0 unspecified atom stereocenters. The van der Waals surface area contributed by atoms with Crippen LogP contribution in [0.4, 0.5) is 0 Å². The van der Waals surface area contributed by atoms with E-state index in [1.165, 1.54) is 11.0 Å². The minimum atomic E-state index is -3.88. The Hall–Kier alpha value is -1.11. The van der Waals surface area contributed by atoms with Crippen LogP contribution in [0.25, 0.3) is 0 Å². The first-order chi connectivity index (χ1) is 9.68. The van der Waals surface area contributed by atoms with Crippen molar-refractivity contribution in [1.29, 1.82) is 0 Å². The summed E-state index contributed by atoms with van der Waals surface area (Å²) >= 11 is 0. The Morgan fingerprint density at radius 3 is 2.43 bits per heavy atom.